The van der Waals surface area contributed by atoms with Crippen LogP contribution in [0.4, 0.5) is 0 Å². The van der Waals surface area contributed by atoms with Crippen molar-refractivity contribution in [2.24, 2.45) is 5.92 Å². The van der Waals surface area contributed by atoms with Crippen LogP contribution in [0.2, 0.25) is 5.15 Å². The van der Waals surface area contributed by atoms with Crippen molar-refractivity contribution in [1.29, 1.82) is 0 Å². The van der Waals surface area contributed by atoms with Crippen LogP contribution in [-0.4, -0.2) is 42.0 Å². The van der Waals surface area contributed by atoms with E-state index in [9.17, 15) is 8.42 Å². The fourth-order valence-corrected chi connectivity index (χ4v) is 3.26. The van der Waals surface area contributed by atoms with Crippen LogP contribution in [0.25, 0.3) is 0 Å². The molecule has 2 rings (SSSR count). The van der Waals surface area contributed by atoms with Crippen LogP contribution in [0.1, 0.15) is 18.5 Å². The molecule has 0 unspecified atom stereocenters. The van der Waals surface area contributed by atoms with Gasteiger partial charge in [0.15, 0.2) is 0 Å². The first kappa shape index (κ1) is 13.7. The fraction of sp³-hybridized carbons (Fsp3) is 0.636. The molecule has 0 saturated carbocycles. The SMILES string of the molecule is CS(=O)(=O)N1CCC(Cc2nccnc2Cl)CC1. The quantitative estimate of drug-likeness (QED) is 0.842. The lowest BCUT2D eigenvalue weighted by Crippen LogP contribution is -2.38. The maximum Gasteiger partial charge on any atom is 0.211 e. The summed E-state index contributed by atoms with van der Waals surface area (Å²) in [5.41, 5.74) is 0.803. The van der Waals surface area contributed by atoms with E-state index in [4.69, 9.17) is 11.6 Å². The molecule has 0 amide bonds. The summed E-state index contributed by atoms with van der Waals surface area (Å²) in [5, 5.41) is 0.447. The molecule has 0 N–H and O–H groups in total. The Morgan fingerprint density at radius 2 is 1.94 bits per heavy atom. The summed E-state index contributed by atoms with van der Waals surface area (Å²) in [6, 6.07) is 0. The molecular formula is C11H16ClN3O2S. The number of rotatable bonds is 3. The molecule has 1 saturated heterocycles. The molecule has 1 aromatic rings. The van der Waals surface area contributed by atoms with Crippen molar-refractivity contribution >= 4 is 21.6 Å². The Morgan fingerprint density at radius 1 is 1.33 bits per heavy atom. The van der Waals surface area contributed by atoms with Crippen molar-refractivity contribution in [3.63, 3.8) is 0 Å². The lowest BCUT2D eigenvalue weighted by atomic mass is 9.93. The van der Waals surface area contributed by atoms with E-state index < -0.39 is 10.0 Å². The molecule has 5 nitrogen and oxygen atoms in total. The van der Waals surface area contributed by atoms with E-state index in [-0.39, 0.29) is 0 Å². The largest absolute Gasteiger partial charge is 0.256 e. The molecule has 2 heterocycles. The van der Waals surface area contributed by atoms with E-state index in [1.165, 1.54) is 10.6 Å². The predicted octanol–water partition coefficient (Wildman–Crippen LogP) is 1.34. The van der Waals surface area contributed by atoms with E-state index in [2.05, 4.69) is 9.97 Å². The maximum atomic E-state index is 11.4. The van der Waals surface area contributed by atoms with Gasteiger partial charge in [0.25, 0.3) is 0 Å². The van der Waals surface area contributed by atoms with Crippen LogP contribution in [0.15, 0.2) is 12.4 Å². The standard InChI is InChI=1S/C11H16ClN3O2S/c1-18(16,17)15-6-2-9(3-7-15)8-10-11(12)14-5-4-13-10/h4-5,9H,2-3,6-8H2,1H3. The smallest absolute Gasteiger partial charge is 0.211 e. The molecule has 1 aliphatic heterocycles. The zero-order valence-corrected chi connectivity index (χ0v) is 11.8. The molecule has 1 aliphatic rings. The normalized spacial score (nSPS) is 19.0. The van der Waals surface area contributed by atoms with Crippen molar-refractivity contribution in [2.75, 3.05) is 19.3 Å². The summed E-state index contributed by atoms with van der Waals surface area (Å²) in [4.78, 5) is 8.21. The zero-order valence-electron chi connectivity index (χ0n) is 10.2. The van der Waals surface area contributed by atoms with Crippen LogP contribution in [0, 0.1) is 5.92 Å². The minimum atomic E-state index is -3.05. The number of aromatic nitrogens is 2. The van der Waals surface area contributed by atoms with Crippen molar-refractivity contribution in [2.45, 2.75) is 19.3 Å². The molecular weight excluding hydrogens is 274 g/mol. The number of nitrogens with zero attached hydrogens (tertiary/aromatic N) is 3. The van der Waals surface area contributed by atoms with Gasteiger partial charge in [0.05, 0.1) is 11.9 Å². The van der Waals surface area contributed by atoms with Gasteiger partial charge in [-0.25, -0.2) is 17.7 Å². The number of piperidine rings is 1. The Hall–Kier alpha value is -0.720. The first-order valence-electron chi connectivity index (χ1n) is 5.87. The summed E-state index contributed by atoms with van der Waals surface area (Å²) in [7, 11) is -3.05. The zero-order chi connectivity index (χ0) is 13.2. The fourth-order valence-electron chi connectivity index (χ4n) is 2.21. The number of hydrogen-bond acceptors (Lipinski definition) is 4. The Morgan fingerprint density at radius 3 is 2.50 bits per heavy atom. The minimum Gasteiger partial charge on any atom is -0.256 e. The van der Waals surface area contributed by atoms with Crippen molar-refractivity contribution < 1.29 is 8.42 Å². The predicted molar refractivity (Wildman–Crippen MR) is 69.9 cm³/mol. The molecule has 18 heavy (non-hydrogen) atoms. The van der Waals surface area contributed by atoms with Crippen LogP contribution >= 0.6 is 11.6 Å². The number of sulfonamides is 1. The van der Waals surface area contributed by atoms with Crippen LogP contribution in [0.3, 0.4) is 0 Å². The molecule has 0 radical (unpaired) electrons. The van der Waals surface area contributed by atoms with E-state index in [0.717, 1.165) is 25.0 Å². The van der Waals surface area contributed by atoms with Gasteiger partial charge in [0.1, 0.15) is 5.15 Å². The summed E-state index contributed by atoms with van der Waals surface area (Å²) in [6.07, 6.45) is 6.92. The highest BCUT2D eigenvalue weighted by molar-refractivity contribution is 7.88. The van der Waals surface area contributed by atoms with E-state index in [0.29, 0.717) is 24.2 Å². The molecule has 1 aromatic heterocycles. The highest BCUT2D eigenvalue weighted by atomic mass is 35.5. The van der Waals surface area contributed by atoms with Gasteiger partial charge < -0.3 is 0 Å². The monoisotopic (exact) mass is 289 g/mol. The van der Waals surface area contributed by atoms with E-state index in [1.807, 2.05) is 0 Å². The topological polar surface area (TPSA) is 63.2 Å². The summed E-state index contributed by atoms with van der Waals surface area (Å²) >= 11 is 5.96. The molecule has 0 bridgehead atoms. The molecule has 0 atom stereocenters. The Kier molecular flexibility index (Phi) is 4.19. The van der Waals surface area contributed by atoms with Gasteiger partial charge in [-0.05, 0) is 25.2 Å². The number of halogens is 1. The summed E-state index contributed by atoms with van der Waals surface area (Å²) in [5.74, 6) is 0.428. The second-order valence-electron chi connectivity index (χ2n) is 4.60. The van der Waals surface area contributed by atoms with Crippen LogP contribution < -0.4 is 0 Å². The first-order chi connectivity index (χ1) is 8.47. The van der Waals surface area contributed by atoms with Gasteiger partial charge in [-0.1, -0.05) is 11.6 Å². The molecule has 0 aliphatic carbocycles. The van der Waals surface area contributed by atoms with E-state index >= 15 is 0 Å². The molecule has 1 fully saturated rings. The van der Waals surface area contributed by atoms with Gasteiger partial charge in [-0.15, -0.1) is 0 Å². The summed E-state index contributed by atoms with van der Waals surface area (Å²) < 4.78 is 24.3. The van der Waals surface area contributed by atoms with Crippen molar-refractivity contribution in [3.8, 4) is 0 Å². The van der Waals surface area contributed by atoms with Crippen molar-refractivity contribution in [1.82, 2.24) is 14.3 Å². The van der Waals surface area contributed by atoms with Crippen LogP contribution in [-0.2, 0) is 16.4 Å². The lowest BCUT2D eigenvalue weighted by Gasteiger charge is -2.30. The highest BCUT2D eigenvalue weighted by Gasteiger charge is 2.25. The van der Waals surface area contributed by atoms with Crippen LogP contribution in [0.5, 0.6) is 0 Å². The Labute approximate surface area is 112 Å². The Balaban J connectivity index is 1.94. The molecule has 0 spiro atoms. The average molecular weight is 290 g/mol. The highest BCUT2D eigenvalue weighted by Crippen LogP contribution is 2.24. The van der Waals surface area contributed by atoms with Gasteiger partial charge >= 0.3 is 0 Å². The average Bonchev–Trinajstić information content (AvgIpc) is 2.32. The second-order valence-corrected chi connectivity index (χ2v) is 6.94. The number of hydrogen-bond donors (Lipinski definition) is 0. The van der Waals surface area contributed by atoms with Gasteiger partial charge in [0, 0.05) is 25.5 Å². The molecule has 7 heteroatoms. The van der Waals surface area contributed by atoms with Gasteiger partial charge in [-0.2, -0.15) is 0 Å². The third-order valence-corrected chi connectivity index (χ3v) is 4.87. The lowest BCUT2D eigenvalue weighted by molar-refractivity contribution is 0.273. The third-order valence-electron chi connectivity index (χ3n) is 3.25. The van der Waals surface area contributed by atoms with E-state index in [1.54, 1.807) is 12.4 Å². The second kappa shape index (κ2) is 5.50. The Bertz CT molecular complexity index is 513. The minimum absolute atomic E-state index is 0.428. The van der Waals surface area contributed by atoms with Crippen molar-refractivity contribution in [3.05, 3.63) is 23.2 Å². The molecule has 0 aromatic carbocycles. The maximum absolute atomic E-state index is 11.4. The van der Waals surface area contributed by atoms with Gasteiger partial charge in [-0.3, -0.25) is 4.98 Å². The first-order valence-corrected chi connectivity index (χ1v) is 8.10. The summed E-state index contributed by atoms with van der Waals surface area (Å²) in [6.45, 7) is 1.17. The third kappa shape index (κ3) is 3.40. The van der Waals surface area contributed by atoms with Gasteiger partial charge in [0.2, 0.25) is 10.0 Å². The molecule has 100 valence electrons.